The van der Waals surface area contributed by atoms with Crippen LogP contribution < -0.4 is 20.7 Å². The molecule has 0 fully saturated rings. The second kappa shape index (κ2) is 11.9. The van der Waals surface area contributed by atoms with Crippen LogP contribution in [0.25, 0.3) is 22.3 Å². The first kappa shape index (κ1) is 30.2. The first-order valence-corrected chi connectivity index (χ1v) is 16.3. The van der Waals surface area contributed by atoms with Crippen LogP contribution in [0.4, 0.5) is 26.3 Å². The van der Waals surface area contributed by atoms with E-state index in [1.807, 2.05) is 72.8 Å². The molecule has 0 aromatic heterocycles. The fourth-order valence-corrected chi connectivity index (χ4v) is 11.1. The van der Waals surface area contributed by atoms with Crippen LogP contribution >= 0.6 is 0 Å². The van der Waals surface area contributed by atoms with Crippen molar-refractivity contribution >= 4 is 28.8 Å². The molecule has 0 heterocycles. The van der Waals surface area contributed by atoms with Gasteiger partial charge in [0.1, 0.15) is 0 Å². The molecule has 45 heavy (non-hydrogen) atoms. The summed E-state index contributed by atoms with van der Waals surface area (Å²) in [5.74, 6) is 0. The standard InChI is InChI=1S/C38H26F6Si/c39-37(40,41)34-16-8-7-15-33(34)29-21-25-32(26-22-29)45(30-13-5-2-6-14-30,36-18-10-9-17-35(36)38(42,43)44)31-23-19-28(20-24-31)27-11-3-1-4-12-27/h1-26H. The normalized spacial score (nSPS) is 13.3. The van der Waals surface area contributed by atoms with E-state index in [1.54, 1.807) is 48.5 Å². The maximum atomic E-state index is 14.8. The molecular formula is C38H26F6Si. The van der Waals surface area contributed by atoms with Gasteiger partial charge in [-0.25, -0.2) is 0 Å². The summed E-state index contributed by atoms with van der Waals surface area (Å²) in [6.45, 7) is 0. The Labute approximate surface area is 258 Å². The zero-order valence-corrected chi connectivity index (χ0v) is 24.8. The van der Waals surface area contributed by atoms with E-state index in [9.17, 15) is 26.3 Å². The Kier molecular flexibility index (Phi) is 7.97. The third kappa shape index (κ3) is 5.71. The summed E-state index contributed by atoms with van der Waals surface area (Å²) in [6.07, 6.45) is -9.21. The second-order valence-corrected chi connectivity index (χ2v) is 14.5. The van der Waals surface area contributed by atoms with E-state index in [1.165, 1.54) is 24.3 Å². The van der Waals surface area contributed by atoms with E-state index in [4.69, 9.17) is 0 Å². The van der Waals surface area contributed by atoms with Gasteiger partial charge < -0.3 is 0 Å². The van der Waals surface area contributed by atoms with Crippen molar-refractivity contribution in [2.75, 3.05) is 0 Å². The van der Waals surface area contributed by atoms with Crippen LogP contribution in [0.15, 0.2) is 158 Å². The molecule has 0 nitrogen and oxygen atoms in total. The summed E-state index contributed by atoms with van der Waals surface area (Å²) in [4.78, 5) is 0. The minimum atomic E-state index is -4.64. The van der Waals surface area contributed by atoms with Crippen molar-refractivity contribution in [1.29, 1.82) is 0 Å². The highest BCUT2D eigenvalue weighted by atomic mass is 28.3. The molecule has 0 saturated heterocycles. The Balaban J connectivity index is 1.64. The van der Waals surface area contributed by atoms with Crippen LogP contribution in [0.1, 0.15) is 11.1 Å². The summed E-state index contributed by atoms with van der Waals surface area (Å²) in [5.41, 5.74) is 0.706. The number of hydrogen-bond acceptors (Lipinski definition) is 0. The third-order valence-electron chi connectivity index (χ3n) is 8.13. The van der Waals surface area contributed by atoms with Gasteiger partial charge >= 0.3 is 12.4 Å². The maximum absolute atomic E-state index is 14.8. The molecule has 0 N–H and O–H groups in total. The molecule has 0 amide bonds. The first-order valence-electron chi connectivity index (χ1n) is 14.3. The van der Waals surface area contributed by atoms with E-state index in [0.717, 1.165) is 28.4 Å². The molecule has 6 rings (SSSR count). The van der Waals surface area contributed by atoms with Crippen LogP contribution in [-0.2, 0) is 12.4 Å². The lowest BCUT2D eigenvalue weighted by Gasteiger charge is -2.36. The quantitative estimate of drug-likeness (QED) is 0.0992. The number of halogens is 6. The molecule has 0 aliphatic rings. The minimum Gasteiger partial charge on any atom is -0.166 e. The van der Waals surface area contributed by atoms with Crippen molar-refractivity contribution < 1.29 is 26.3 Å². The summed E-state index contributed by atoms with van der Waals surface area (Å²) in [5, 5.41) is 2.21. The van der Waals surface area contributed by atoms with Crippen LogP contribution in [0.2, 0.25) is 0 Å². The van der Waals surface area contributed by atoms with Crippen molar-refractivity contribution in [3.8, 4) is 22.3 Å². The Bertz CT molecular complexity index is 1900. The van der Waals surface area contributed by atoms with E-state index < -0.39 is 31.6 Å². The van der Waals surface area contributed by atoms with E-state index in [2.05, 4.69) is 0 Å². The highest BCUT2D eigenvalue weighted by Crippen LogP contribution is 2.37. The summed E-state index contributed by atoms with van der Waals surface area (Å²) >= 11 is 0. The van der Waals surface area contributed by atoms with E-state index >= 15 is 0 Å². The Morgan fingerprint density at radius 2 is 0.733 bits per heavy atom. The fraction of sp³-hybridized carbons (Fsp3) is 0.0526. The van der Waals surface area contributed by atoms with Gasteiger partial charge in [-0.15, -0.1) is 0 Å². The van der Waals surface area contributed by atoms with E-state index in [0.29, 0.717) is 15.9 Å². The molecule has 1 atom stereocenters. The number of hydrogen-bond donors (Lipinski definition) is 0. The topological polar surface area (TPSA) is 0 Å². The van der Waals surface area contributed by atoms with Gasteiger partial charge in [0.05, 0.1) is 11.1 Å². The van der Waals surface area contributed by atoms with Crippen molar-refractivity contribution in [3.63, 3.8) is 0 Å². The molecule has 0 spiro atoms. The number of alkyl halides is 6. The van der Waals surface area contributed by atoms with Crippen LogP contribution in [-0.4, -0.2) is 8.07 Å². The number of rotatable bonds is 6. The molecule has 6 aromatic rings. The lowest BCUT2D eigenvalue weighted by atomic mass is 9.99. The smallest absolute Gasteiger partial charge is 0.166 e. The lowest BCUT2D eigenvalue weighted by Crippen LogP contribution is -2.75. The monoisotopic (exact) mass is 624 g/mol. The molecule has 0 aliphatic carbocycles. The summed E-state index contributed by atoms with van der Waals surface area (Å²) in [7, 11) is -3.69. The average Bonchev–Trinajstić information content (AvgIpc) is 3.06. The van der Waals surface area contributed by atoms with Crippen molar-refractivity contribution in [2.45, 2.75) is 12.4 Å². The van der Waals surface area contributed by atoms with Crippen molar-refractivity contribution in [3.05, 3.63) is 169 Å². The Morgan fingerprint density at radius 1 is 0.333 bits per heavy atom. The summed E-state index contributed by atoms with van der Waals surface area (Å²) < 4.78 is 85.9. The Hall–Kier alpha value is -4.88. The van der Waals surface area contributed by atoms with Gasteiger partial charge in [-0.05, 0) is 49.1 Å². The largest absolute Gasteiger partial charge is 0.417 e. The molecule has 7 heteroatoms. The van der Waals surface area contributed by atoms with Gasteiger partial charge in [-0.3, -0.25) is 0 Å². The lowest BCUT2D eigenvalue weighted by molar-refractivity contribution is -0.137. The molecule has 0 radical (unpaired) electrons. The predicted octanol–water partition coefficient (Wildman–Crippen LogP) is 8.44. The average molecular weight is 625 g/mol. The summed E-state index contributed by atoms with van der Waals surface area (Å²) in [6, 6.07) is 43.9. The zero-order chi connectivity index (χ0) is 31.7. The molecular weight excluding hydrogens is 598 g/mol. The minimum absolute atomic E-state index is 0.00596. The molecule has 6 aromatic carbocycles. The van der Waals surface area contributed by atoms with Gasteiger partial charge in [0, 0.05) is 0 Å². The third-order valence-corrected chi connectivity index (χ3v) is 13.0. The number of benzene rings is 6. The second-order valence-electron chi connectivity index (χ2n) is 10.7. The van der Waals surface area contributed by atoms with Gasteiger partial charge in [0.2, 0.25) is 0 Å². The van der Waals surface area contributed by atoms with Crippen LogP contribution in [0.5, 0.6) is 0 Å². The SMILES string of the molecule is FC(F)(F)c1ccccc1-c1ccc([Si](c2ccccc2)(c2ccc(-c3ccccc3)cc2)c2ccccc2C(F)(F)F)cc1. The van der Waals surface area contributed by atoms with Crippen LogP contribution in [0, 0.1) is 0 Å². The van der Waals surface area contributed by atoms with Gasteiger partial charge in [-0.2, -0.15) is 26.3 Å². The Morgan fingerprint density at radius 3 is 1.29 bits per heavy atom. The van der Waals surface area contributed by atoms with Crippen molar-refractivity contribution in [1.82, 2.24) is 0 Å². The van der Waals surface area contributed by atoms with Gasteiger partial charge in [0.15, 0.2) is 8.07 Å². The molecule has 1 unspecified atom stereocenters. The van der Waals surface area contributed by atoms with Crippen LogP contribution in [0.3, 0.4) is 0 Å². The molecule has 224 valence electrons. The van der Waals surface area contributed by atoms with E-state index in [-0.39, 0.29) is 10.8 Å². The first-order chi connectivity index (χ1) is 21.6. The predicted molar refractivity (Wildman–Crippen MR) is 171 cm³/mol. The molecule has 0 bridgehead atoms. The zero-order valence-electron chi connectivity index (χ0n) is 23.8. The van der Waals surface area contributed by atoms with Gasteiger partial charge in [-0.1, -0.05) is 152 Å². The highest BCUT2D eigenvalue weighted by Gasteiger charge is 2.47. The van der Waals surface area contributed by atoms with Gasteiger partial charge in [0.25, 0.3) is 0 Å². The fourth-order valence-electron chi connectivity index (χ4n) is 6.14. The molecule has 0 aliphatic heterocycles. The highest BCUT2D eigenvalue weighted by molar-refractivity contribution is 7.20. The maximum Gasteiger partial charge on any atom is 0.417 e. The van der Waals surface area contributed by atoms with Crippen molar-refractivity contribution in [2.24, 2.45) is 0 Å². The molecule has 0 saturated carbocycles.